The number of carbonyl (C=O) groups excluding carboxylic acids is 1. The van der Waals surface area contributed by atoms with Crippen molar-refractivity contribution in [3.8, 4) is 0 Å². The van der Waals surface area contributed by atoms with Crippen molar-refractivity contribution < 1.29 is 31.5 Å². The fourth-order valence-corrected chi connectivity index (χ4v) is 1.60. The van der Waals surface area contributed by atoms with Crippen molar-refractivity contribution in [2.75, 3.05) is 6.61 Å². The van der Waals surface area contributed by atoms with Gasteiger partial charge in [0, 0.05) is 18.3 Å². The maximum absolute atomic E-state index is 13.0. The van der Waals surface area contributed by atoms with Crippen LogP contribution in [0.5, 0.6) is 0 Å². The zero-order valence-electron chi connectivity index (χ0n) is 10.3. The predicted octanol–water partition coefficient (Wildman–Crippen LogP) is 2.67. The van der Waals surface area contributed by atoms with E-state index in [1.807, 2.05) is 0 Å². The summed E-state index contributed by atoms with van der Waals surface area (Å²) in [5, 5.41) is 0. The molecule has 0 saturated carbocycles. The van der Waals surface area contributed by atoms with E-state index in [-0.39, 0.29) is 12.2 Å². The number of pyridine rings is 1. The Bertz CT molecular complexity index is 502. The minimum Gasteiger partial charge on any atom is -0.462 e. The van der Waals surface area contributed by atoms with E-state index in [4.69, 9.17) is 5.73 Å². The van der Waals surface area contributed by atoms with E-state index in [1.54, 1.807) is 0 Å². The third-order valence-corrected chi connectivity index (χ3v) is 2.39. The van der Waals surface area contributed by atoms with Gasteiger partial charge in [0.15, 0.2) is 5.69 Å². The Hall–Kier alpha value is -1.77. The van der Waals surface area contributed by atoms with Crippen LogP contribution in [0.15, 0.2) is 6.20 Å². The van der Waals surface area contributed by atoms with Gasteiger partial charge in [-0.3, -0.25) is 4.98 Å². The Morgan fingerprint density at radius 1 is 1.45 bits per heavy atom. The molecular weight excluding hydrogens is 287 g/mol. The SMILES string of the molecule is CCOC(=O)c1c(C(F)(F)F)ncc(CN)c1C(F)F. The number of nitrogens with zero attached hydrogens (tertiary/aromatic N) is 1. The molecule has 112 valence electrons. The van der Waals surface area contributed by atoms with Gasteiger partial charge < -0.3 is 10.5 Å². The summed E-state index contributed by atoms with van der Waals surface area (Å²) in [5.74, 6) is -1.50. The highest BCUT2D eigenvalue weighted by Gasteiger charge is 2.41. The molecule has 20 heavy (non-hydrogen) atoms. The van der Waals surface area contributed by atoms with Gasteiger partial charge in [0.05, 0.1) is 12.2 Å². The third kappa shape index (κ3) is 3.21. The molecule has 0 bridgehead atoms. The van der Waals surface area contributed by atoms with E-state index < -0.39 is 41.9 Å². The molecule has 0 unspecified atom stereocenters. The average molecular weight is 298 g/mol. The molecule has 0 fully saturated rings. The minimum absolute atomic E-state index is 0.258. The second-order valence-corrected chi connectivity index (χ2v) is 3.64. The molecule has 9 heteroatoms. The van der Waals surface area contributed by atoms with E-state index in [9.17, 15) is 26.7 Å². The molecule has 0 aliphatic carbocycles. The summed E-state index contributed by atoms with van der Waals surface area (Å²) in [4.78, 5) is 14.6. The number of hydrogen-bond donors (Lipinski definition) is 1. The second-order valence-electron chi connectivity index (χ2n) is 3.64. The molecule has 1 rings (SSSR count). The van der Waals surface area contributed by atoms with E-state index in [1.165, 1.54) is 6.92 Å². The first kappa shape index (κ1) is 16.3. The first-order valence-electron chi connectivity index (χ1n) is 5.48. The van der Waals surface area contributed by atoms with Gasteiger partial charge in [-0.2, -0.15) is 13.2 Å². The molecule has 1 heterocycles. The van der Waals surface area contributed by atoms with Crippen molar-refractivity contribution >= 4 is 5.97 Å². The lowest BCUT2D eigenvalue weighted by molar-refractivity contribution is -0.141. The molecule has 1 aromatic rings. The van der Waals surface area contributed by atoms with Crippen molar-refractivity contribution in [1.29, 1.82) is 0 Å². The summed E-state index contributed by atoms with van der Waals surface area (Å²) >= 11 is 0. The number of rotatable bonds is 4. The van der Waals surface area contributed by atoms with E-state index in [0.717, 1.165) is 0 Å². The van der Waals surface area contributed by atoms with Crippen LogP contribution in [-0.2, 0) is 17.5 Å². The van der Waals surface area contributed by atoms with Crippen molar-refractivity contribution in [3.05, 3.63) is 28.6 Å². The van der Waals surface area contributed by atoms with Gasteiger partial charge >= 0.3 is 12.1 Å². The number of hydrogen-bond acceptors (Lipinski definition) is 4. The number of alkyl halides is 5. The van der Waals surface area contributed by atoms with Gasteiger partial charge in [-0.15, -0.1) is 0 Å². The quantitative estimate of drug-likeness (QED) is 0.685. The summed E-state index contributed by atoms with van der Waals surface area (Å²) < 4.78 is 68.7. The van der Waals surface area contributed by atoms with Crippen molar-refractivity contribution in [3.63, 3.8) is 0 Å². The van der Waals surface area contributed by atoms with Gasteiger partial charge in [0.25, 0.3) is 6.43 Å². The monoisotopic (exact) mass is 298 g/mol. The topological polar surface area (TPSA) is 65.2 Å². The summed E-state index contributed by atoms with van der Waals surface area (Å²) in [6, 6.07) is 0. The van der Waals surface area contributed by atoms with E-state index >= 15 is 0 Å². The predicted molar refractivity (Wildman–Crippen MR) is 58.0 cm³/mol. The fourth-order valence-electron chi connectivity index (χ4n) is 1.60. The van der Waals surface area contributed by atoms with E-state index in [2.05, 4.69) is 9.72 Å². The highest BCUT2D eigenvalue weighted by atomic mass is 19.4. The highest BCUT2D eigenvalue weighted by Crippen LogP contribution is 2.36. The van der Waals surface area contributed by atoms with Crippen LogP contribution in [0.25, 0.3) is 0 Å². The first-order chi connectivity index (χ1) is 9.23. The lowest BCUT2D eigenvalue weighted by atomic mass is 10.0. The third-order valence-electron chi connectivity index (χ3n) is 2.39. The Labute approximate surface area is 110 Å². The van der Waals surface area contributed by atoms with Crippen LogP contribution in [0.1, 0.15) is 40.5 Å². The molecule has 0 radical (unpaired) electrons. The van der Waals surface area contributed by atoms with Gasteiger partial charge in [-0.25, -0.2) is 13.6 Å². The second kappa shape index (κ2) is 6.12. The molecule has 0 saturated heterocycles. The fraction of sp³-hybridized carbons (Fsp3) is 0.455. The largest absolute Gasteiger partial charge is 0.462 e. The Morgan fingerprint density at radius 2 is 2.05 bits per heavy atom. The zero-order valence-corrected chi connectivity index (χ0v) is 10.3. The highest BCUT2D eigenvalue weighted by molar-refractivity contribution is 5.93. The normalized spacial score (nSPS) is 11.8. The minimum atomic E-state index is -5.06. The molecular formula is C11H11F5N2O2. The maximum atomic E-state index is 13.0. The number of aromatic nitrogens is 1. The molecule has 0 amide bonds. The summed E-state index contributed by atoms with van der Waals surface area (Å²) in [6.45, 7) is 0.607. The van der Waals surface area contributed by atoms with Crippen molar-refractivity contribution in [2.24, 2.45) is 5.73 Å². The lowest BCUT2D eigenvalue weighted by Crippen LogP contribution is -2.22. The lowest BCUT2D eigenvalue weighted by Gasteiger charge is -2.17. The molecule has 0 spiro atoms. The molecule has 0 atom stereocenters. The number of halogens is 5. The molecule has 0 aliphatic heterocycles. The Balaban J connectivity index is 3.64. The molecule has 1 aromatic heterocycles. The summed E-state index contributed by atoms with van der Waals surface area (Å²) in [5.41, 5.74) is 0.772. The van der Waals surface area contributed by atoms with Crippen LogP contribution in [0.4, 0.5) is 22.0 Å². The summed E-state index contributed by atoms with van der Waals surface area (Å²) in [7, 11) is 0. The Morgan fingerprint density at radius 3 is 2.45 bits per heavy atom. The van der Waals surface area contributed by atoms with E-state index in [0.29, 0.717) is 6.20 Å². The van der Waals surface area contributed by atoms with Gasteiger partial charge in [-0.1, -0.05) is 0 Å². The van der Waals surface area contributed by atoms with Crippen LogP contribution in [0.2, 0.25) is 0 Å². The standard InChI is InChI=1S/C11H11F5N2O2/c1-2-20-10(19)7-6(9(12)13)5(3-17)4-18-8(7)11(14,15)16/h4,9H,2-3,17H2,1H3. The molecule has 0 aliphatic rings. The number of esters is 1. The molecule has 0 aromatic carbocycles. The van der Waals surface area contributed by atoms with Crippen LogP contribution in [-0.4, -0.2) is 17.6 Å². The van der Waals surface area contributed by atoms with Gasteiger partial charge in [0.1, 0.15) is 0 Å². The smallest absolute Gasteiger partial charge is 0.434 e. The molecule has 4 nitrogen and oxygen atoms in total. The average Bonchev–Trinajstić information content (AvgIpc) is 2.35. The number of nitrogens with two attached hydrogens (primary N) is 1. The van der Waals surface area contributed by atoms with Crippen LogP contribution >= 0.6 is 0 Å². The number of ether oxygens (including phenoxy) is 1. The zero-order chi connectivity index (χ0) is 15.5. The van der Waals surface area contributed by atoms with Crippen molar-refractivity contribution in [2.45, 2.75) is 26.1 Å². The van der Waals surface area contributed by atoms with Crippen LogP contribution in [0.3, 0.4) is 0 Å². The Kier molecular flexibility index (Phi) is 4.98. The van der Waals surface area contributed by atoms with Gasteiger partial charge in [-0.05, 0) is 12.5 Å². The summed E-state index contributed by atoms with van der Waals surface area (Å²) in [6.07, 6.45) is -7.77. The van der Waals surface area contributed by atoms with Crippen molar-refractivity contribution in [1.82, 2.24) is 4.98 Å². The van der Waals surface area contributed by atoms with Gasteiger partial charge in [0.2, 0.25) is 0 Å². The van der Waals surface area contributed by atoms with Crippen LogP contribution < -0.4 is 5.73 Å². The first-order valence-corrected chi connectivity index (χ1v) is 5.48. The molecule has 2 N–H and O–H groups in total. The van der Waals surface area contributed by atoms with Crippen LogP contribution in [0, 0.1) is 0 Å². The number of carbonyl (C=O) groups is 1. The maximum Gasteiger partial charge on any atom is 0.434 e.